The predicted molar refractivity (Wildman–Crippen MR) is 247 cm³/mol. The van der Waals surface area contributed by atoms with Crippen LogP contribution in [-0.4, -0.2) is 133 Å². The maximum Gasteiger partial charge on any atom is 0.313 e. The molecular formula is C47H64N4O22. The molecule has 11 unspecified atom stereocenters. The first kappa shape index (κ1) is 57.3. The number of carbonyl (C=O) groups excluding carboxylic acids is 4. The molecule has 1 heterocycles. The number of phenolic OH excluding ortho intramolecular Hbond substituents is 2. The number of nitro groups is 4. The quantitative estimate of drug-likeness (QED) is 0.0398. The van der Waals surface area contributed by atoms with E-state index in [0.29, 0.717) is 5.92 Å². The Hall–Kier alpha value is -6.57. The summed E-state index contributed by atoms with van der Waals surface area (Å²) in [6, 6.07) is 1.81. The zero-order chi connectivity index (χ0) is 54.6. The van der Waals surface area contributed by atoms with Crippen molar-refractivity contribution in [1.82, 2.24) is 0 Å². The van der Waals surface area contributed by atoms with Crippen molar-refractivity contribution >= 4 is 29.8 Å². The van der Waals surface area contributed by atoms with Crippen molar-refractivity contribution in [2.75, 3.05) is 32.8 Å². The van der Waals surface area contributed by atoms with E-state index >= 15 is 0 Å². The van der Waals surface area contributed by atoms with Gasteiger partial charge >= 0.3 is 29.8 Å². The Morgan fingerprint density at radius 3 is 1.71 bits per heavy atom. The second-order valence-electron chi connectivity index (χ2n) is 20.9. The van der Waals surface area contributed by atoms with Gasteiger partial charge in [0.15, 0.2) is 36.1 Å². The number of esters is 4. The summed E-state index contributed by atoms with van der Waals surface area (Å²) in [5.74, 6) is -5.35. The average molecular weight is 1040 g/mol. The van der Waals surface area contributed by atoms with Crippen LogP contribution in [0.25, 0.3) is 0 Å². The van der Waals surface area contributed by atoms with Crippen LogP contribution in [0.4, 0.5) is 0 Å². The smallest absolute Gasteiger partial charge is 0.313 e. The van der Waals surface area contributed by atoms with Crippen molar-refractivity contribution in [3.05, 3.63) is 74.9 Å². The van der Waals surface area contributed by atoms with Crippen LogP contribution in [0, 0.1) is 75.0 Å². The normalized spacial score (nSPS) is 31.9. The van der Waals surface area contributed by atoms with Gasteiger partial charge in [-0.1, -0.05) is 39.3 Å². The number of hydrogen-bond acceptors (Lipinski definition) is 21. The summed E-state index contributed by atoms with van der Waals surface area (Å²) in [5.41, 5.74) is 4.00. The first-order chi connectivity index (χ1) is 33.9. The molecule has 0 bridgehead atoms. The summed E-state index contributed by atoms with van der Waals surface area (Å²) in [6.07, 6.45) is -3.14. The van der Waals surface area contributed by atoms with Gasteiger partial charge in [-0.25, -0.2) is 0 Å². The number of aliphatic carboxylic acids is 1. The van der Waals surface area contributed by atoms with Crippen LogP contribution in [-0.2, 0) is 59.5 Å². The fourth-order valence-electron chi connectivity index (χ4n) is 11.9. The van der Waals surface area contributed by atoms with Crippen LogP contribution < -0.4 is 0 Å². The number of carbonyl (C=O) groups is 5. The lowest BCUT2D eigenvalue weighted by Gasteiger charge is -2.69. The van der Waals surface area contributed by atoms with Crippen LogP contribution in [0.15, 0.2) is 17.7 Å². The van der Waals surface area contributed by atoms with Crippen LogP contribution in [0.2, 0.25) is 0 Å². The molecule has 4 fully saturated rings. The molecule has 1 aliphatic heterocycles. The van der Waals surface area contributed by atoms with Crippen LogP contribution in [0.5, 0.6) is 11.5 Å². The van der Waals surface area contributed by atoms with E-state index in [1.165, 1.54) is 11.1 Å². The number of phenols is 2. The molecule has 0 radical (unpaired) electrons. The molecule has 26 nitrogen and oxygen atoms in total. The van der Waals surface area contributed by atoms with Gasteiger partial charge in [0.05, 0.1) is 5.41 Å². The highest BCUT2D eigenvalue weighted by atomic mass is 16.7. The van der Waals surface area contributed by atoms with Crippen molar-refractivity contribution in [3.63, 3.8) is 0 Å². The number of ether oxygens (including phenoxy) is 5. The molecule has 5 aliphatic rings. The molecule has 0 aromatic heterocycles. The third kappa shape index (κ3) is 12.3. The summed E-state index contributed by atoms with van der Waals surface area (Å²) in [7, 11) is 0. The summed E-state index contributed by atoms with van der Waals surface area (Å²) in [4.78, 5) is 99.5. The number of aliphatic hydroxyl groups excluding tert-OH is 1. The Balaban J connectivity index is 0.000000274. The van der Waals surface area contributed by atoms with E-state index in [-0.39, 0.29) is 33.2 Å². The lowest BCUT2D eigenvalue weighted by Crippen LogP contribution is -2.62. The Labute approximate surface area is 418 Å². The van der Waals surface area contributed by atoms with Gasteiger partial charge < -0.3 is 44.1 Å². The third-order valence-corrected chi connectivity index (χ3v) is 16.4. The highest BCUT2D eigenvalue weighted by Crippen LogP contribution is 2.74. The minimum atomic E-state index is -2.22. The molecule has 0 amide bonds. The van der Waals surface area contributed by atoms with E-state index in [4.69, 9.17) is 23.7 Å². The van der Waals surface area contributed by atoms with E-state index in [0.717, 1.165) is 62.5 Å². The van der Waals surface area contributed by atoms with Crippen molar-refractivity contribution in [2.24, 2.45) is 27.6 Å². The van der Waals surface area contributed by atoms with Crippen molar-refractivity contribution in [2.45, 2.75) is 155 Å². The Bertz CT molecular complexity index is 2410. The molecule has 6 rings (SSSR count). The summed E-state index contributed by atoms with van der Waals surface area (Å²) >= 11 is 0. The molecule has 1 saturated heterocycles. The number of fused-ring (bicyclic) bond motifs is 7. The fourth-order valence-corrected chi connectivity index (χ4v) is 11.9. The molecule has 11 atom stereocenters. The minimum Gasteiger partial charge on any atom is -0.504 e. The average Bonchev–Trinajstić information content (AvgIpc) is 3.31. The standard InChI is InChI=1S/C29H40O4.C18H24N4O18/c1-17-18-7-8-21-27(4,19(18)15-20(30)23(17)31)12-14-29(6)22-16-26(3,24(32)33)10-9-25(22,2)11-13-28(21,29)5;23-11(1-5-19(28)29)36-9-10-15(38-12(24)2-6-20(30)31)16(39-13(25)3-7-21(32)33)17(18(27)37-10)40-14(26)4-8-22(34)35/h8,15,22,30-31H,7,9-14,16H2,1-6H3,(H,32,33);10,15-18,27H,1-9H2. The Morgan fingerprint density at radius 1 is 0.699 bits per heavy atom. The lowest BCUT2D eigenvalue weighted by atomic mass is 9.34. The number of benzene rings is 1. The van der Waals surface area contributed by atoms with E-state index in [9.17, 15) is 84.9 Å². The zero-order valence-electron chi connectivity index (χ0n) is 41.6. The number of rotatable bonds is 18. The molecule has 26 heteroatoms. The molecule has 3 saturated carbocycles. The fraction of sp³-hybridized carbons (Fsp3) is 0.723. The number of aliphatic hydroxyl groups is 1. The number of allylic oxidation sites excluding steroid dienone is 2. The molecular weight excluding hydrogens is 973 g/mol. The van der Waals surface area contributed by atoms with Gasteiger partial charge in [-0.3, -0.25) is 64.4 Å². The first-order valence-electron chi connectivity index (χ1n) is 24.0. The van der Waals surface area contributed by atoms with Gasteiger partial charge in [0.1, 0.15) is 38.4 Å². The summed E-state index contributed by atoms with van der Waals surface area (Å²) in [6.45, 7) is 9.06. The molecule has 0 spiro atoms. The summed E-state index contributed by atoms with van der Waals surface area (Å²) < 4.78 is 25.1. The lowest BCUT2D eigenvalue weighted by molar-refractivity contribution is -0.479. The van der Waals surface area contributed by atoms with Crippen LogP contribution >= 0.6 is 0 Å². The van der Waals surface area contributed by atoms with Gasteiger partial charge in [0.25, 0.3) is 0 Å². The van der Waals surface area contributed by atoms with Gasteiger partial charge in [0.2, 0.25) is 26.2 Å². The molecule has 4 N–H and O–H groups in total. The van der Waals surface area contributed by atoms with Crippen LogP contribution in [0.3, 0.4) is 0 Å². The second-order valence-corrected chi connectivity index (χ2v) is 20.9. The van der Waals surface area contributed by atoms with Gasteiger partial charge in [-0.15, -0.1) is 0 Å². The van der Waals surface area contributed by atoms with E-state index in [2.05, 4.69) is 33.8 Å². The number of nitrogens with zero attached hydrogens (tertiary/aromatic N) is 4. The molecule has 1 aromatic carbocycles. The van der Waals surface area contributed by atoms with E-state index in [1.807, 2.05) is 19.9 Å². The largest absolute Gasteiger partial charge is 0.504 e. The van der Waals surface area contributed by atoms with E-state index < -0.39 is 144 Å². The number of carboxylic acids is 1. The maximum atomic E-state index is 12.3. The van der Waals surface area contributed by atoms with E-state index in [1.54, 1.807) is 0 Å². The van der Waals surface area contributed by atoms with Gasteiger partial charge in [-0.05, 0) is 110 Å². The highest BCUT2D eigenvalue weighted by molar-refractivity contribution is 5.74. The number of carboxylic acid groups (broad SMARTS) is 1. The van der Waals surface area contributed by atoms with Crippen molar-refractivity contribution < 1.29 is 87.8 Å². The number of aromatic hydroxyl groups is 2. The van der Waals surface area contributed by atoms with Crippen molar-refractivity contribution in [3.8, 4) is 11.5 Å². The molecule has 4 aliphatic carbocycles. The Morgan fingerprint density at radius 2 is 1.19 bits per heavy atom. The monoisotopic (exact) mass is 1040 g/mol. The topological polar surface area (TPSA) is 385 Å². The molecule has 404 valence electrons. The molecule has 1 aromatic rings. The predicted octanol–water partition coefficient (Wildman–Crippen LogP) is 4.29. The third-order valence-electron chi connectivity index (χ3n) is 16.4. The highest BCUT2D eigenvalue weighted by Gasteiger charge is 2.67. The maximum absolute atomic E-state index is 12.3. The molecule has 73 heavy (non-hydrogen) atoms. The zero-order valence-corrected chi connectivity index (χ0v) is 41.6. The Kier molecular flexibility index (Phi) is 17.5. The van der Waals surface area contributed by atoms with Crippen molar-refractivity contribution in [1.29, 1.82) is 0 Å². The SMILES string of the molecule is Cc1c(O)c(O)cc2c1CC=C1C2(C)CCC2(C)C3CC(C)(C(=O)O)CCC3(C)CCC12C.O=C(CC[N+](=O)[O-])OCC1OC(O)C(OC(=O)CC[N+](=O)[O-])C(OC(=O)CC[N+](=O)[O-])C1OC(=O)CC[N+](=O)[O-]. The second kappa shape index (κ2) is 22.3. The van der Waals surface area contributed by atoms with Gasteiger partial charge in [-0.2, -0.15) is 0 Å². The summed E-state index contributed by atoms with van der Waals surface area (Å²) in [5, 5.41) is 83.6. The number of hydrogen-bond donors (Lipinski definition) is 4. The first-order valence-corrected chi connectivity index (χ1v) is 24.0. The minimum absolute atomic E-state index is 0.00431. The van der Waals surface area contributed by atoms with Gasteiger partial charge in [0, 0.05) is 25.1 Å². The van der Waals surface area contributed by atoms with Crippen LogP contribution in [0.1, 0.15) is 122 Å².